The van der Waals surface area contributed by atoms with Gasteiger partial charge in [-0.25, -0.2) is 0 Å². The van der Waals surface area contributed by atoms with Gasteiger partial charge in [0.1, 0.15) is 0 Å². The molecule has 1 atom stereocenters. The van der Waals surface area contributed by atoms with Gasteiger partial charge in [-0.15, -0.1) is 0 Å². The zero-order valence-electron chi connectivity index (χ0n) is 11.2. The number of aliphatic hydroxyl groups excluding tert-OH is 1. The third-order valence-corrected chi connectivity index (χ3v) is 3.66. The summed E-state index contributed by atoms with van der Waals surface area (Å²) in [6, 6.07) is 3.18. The molecule has 112 valence electrons. The van der Waals surface area contributed by atoms with Gasteiger partial charge in [0.05, 0.1) is 18.2 Å². The van der Waals surface area contributed by atoms with Gasteiger partial charge in [0, 0.05) is 18.8 Å². The van der Waals surface area contributed by atoms with Crippen molar-refractivity contribution >= 4 is 5.69 Å². The summed E-state index contributed by atoms with van der Waals surface area (Å²) < 4.78 is 39.4. The number of hydrogen-bond donors (Lipinski definition) is 2. The van der Waals surface area contributed by atoms with Crippen LogP contribution >= 0.6 is 0 Å². The molecular weight excluding hydrogens is 269 g/mol. The highest BCUT2D eigenvalue weighted by Gasteiger charge is 2.35. The number of nitrogens with zero attached hydrogens (tertiary/aromatic N) is 1. The molecular formula is C14H19F3N2O. The van der Waals surface area contributed by atoms with Gasteiger partial charge in [-0.05, 0) is 37.0 Å². The van der Waals surface area contributed by atoms with E-state index in [-0.39, 0.29) is 5.56 Å². The Morgan fingerprint density at radius 3 is 2.40 bits per heavy atom. The van der Waals surface area contributed by atoms with Crippen molar-refractivity contribution in [1.82, 2.24) is 0 Å². The molecule has 3 N–H and O–H groups in total. The number of nitrogens with two attached hydrogens (primary N) is 1. The molecule has 1 fully saturated rings. The van der Waals surface area contributed by atoms with E-state index in [2.05, 4.69) is 0 Å². The van der Waals surface area contributed by atoms with Crippen LogP contribution in [0.1, 0.15) is 36.4 Å². The fourth-order valence-corrected chi connectivity index (χ4v) is 2.56. The Balaban J connectivity index is 2.37. The van der Waals surface area contributed by atoms with E-state index in [0.717, 1.165) is 38.4 Å². The third kappa shape index (κ3) is 3.24. The van der Waals surface area contributed by atoms with Gasteiger partial charge in [-0.2, -0.15) is 13.2 Å². The maximum atomic E-state index is 13.1. The number of aliphatic hydroxyl groups is 1. The van der Waals surface area contributed by atoms with Gasteiger partial charge < -0.3 is 15.7 Å². The summed E-state index contributed by atoms with van der Waals surface area (Å²) in [5.41, 5.74) is 5.33. The standard InChI is InChI=1S/C14H19F3N2O/c15-14(16,17)12-8-10(19-6-2-1-3-7-19)4-5-11(12)13(18)9-20/h4-5,8,13,20H,1-3,6-7,9,18H2/t13-/m0/s1. The van der Waals surface area contributed by atoms with Crippen LogP contribution in [0.5, 0.6) is 0 Å². The highest BCUT2D eigenvalue weighted by Crippen LogP contribution is 2.37. The third-order valence-electron chi connectivity index (χ3n) is 3.66. The zero-order valence-corrected chi connectivity index (χ0v) is 11.2. The molecule has 0 saturated carbocycles. The lowest BCUT2D eigenvalue weighted by atomic mass is 9.99. The molecule has 0 spiro atoms. The largest absolute Gasteiger partial charge is 0.416 e. The second kappa shape index (κ2) is 6.01. The van der Waals surface area contributed by atoms with E-state index in [1.54, 1.807) is 6.07 Å². The molecule has 1 heterocycles. The zero-order chi connectivity index (χ0) is 14.8. The van der Waals surface area contributed by atoms with Crippen molar-refractivity contribution in [2.75, 3.05) is 24.6 Å². The minimum absolute atomic E-state index is 0.0549. The summed E-state index contributed by atoms with van der Waals surface area (Å²) >= 11 is 0. The van der Waals surface area contributed by atoms with E-state index < -0.39 is 24.4 Å². The lowest BCUT2D eigenvalue weighted by Crippen LogP contribution is -2.30. The minimum Gasteiger partial charge on any atom is -0.394 e. The predicted octanol–water partition coefficient (Wildman–Crippen LogP) is 2.69. The van der Waals surface area contributed by atoms with Crippen LogP contribution in [0.3, 0.4) is 0 Å². The molecule has 6 heteroatoms. The first-order chi connectivity index (χ1) is 9.43. The maximum absolute atomic E-state index is 13.1. The number of piperidine rings is 1. The molecule has 1 aliphatic rings. The van der Waals surface area contributed by atoms with E-state index in [1.807, 2.05) is 4.90 Å². The Kier molecular flexibility index (Phi) is 4.55. The van der Waals surface area contributed by atoms with Gasteiger partial charge in [-0.3, -0.25) is 0 Å². The highest BCUT2D eigenvalue weighted by atomic mass is 19.4. The number of halogens is 3. The van der Waals surface area contributed by atoms with Crippen LogP contribution in [0.15, 0.2) is 18.2 Å². The maximum Gasteiger partial charge on any atom is 0.416 e. The summed E-state index contributed by atoms with van der Waals surface area (Å²) in [5, 5.41) is 8.99. The number of rotatable bonds is 3. The average Bonchev–Trinajstić information content (AvgIpc) is 2.46. The number of benzene rings is 1. The lowest BCUT2D eigenvalue weighted by molar-refractivity contribution is -0.138. The summed E-state index contributed by atoms with van der Waals surface area (Å²) in [6.07, 6.45) is -1.34. The Labute approximate surface area is 116 Å². The van der Waals surface area contributed by atoms with Gasteiger partial charge >= 0.3 is 6.18 Å². The molecule has 1 aromatic carbocycles. The monoisotopic (exact) mass is 288 g/mol. The second-order valence-electron chi connectivity index (χ2n) is 5.11. The minimum atomic E-state index is -4.46. The van der Waals surface area contributed by atoms with E-state index in [9.17, 15) is 13.2 Å². The smallest absolute Gasteiger partial charge is 0.394 e. The van der Waals surface area contributed by atoms with Gasteiger partial charge in [0.2, 0.25) is 0 Å². The first-order valence-electron chi connectivity index (χ1n) is 6.76. The van der Waals surface area contributed by atoms with Crippen LogP contribution in [-0.4, -0.2) is 24.8 Å². The second-order valence-corrected chi connectivity index (χ2v) is 5.11. The molecule has 1 aromatic rings. The van der Waals surface area contributed by atoms with Crippen LogP contribution in [0, 0.1) is 0 Å². The average molecular weight is 288 g/mol. The van der Waals surface area contributed by atoms with E-state index >= 15 is 0 Å². The van der Waals surface area contributed by atoms with Crippen LogP contribution in [-0.2, 0) is 6.18 Å². The molecule has 20 heavy (non-hydrogen) atoms. The Hall–Kier alpha value is -1.27. The molecule has 3 nitrogen and oxygen atoms in total. The van der Waals surface area contributed by atoms with E-state index in [0.29, 0.717) is 5.69 Å². The number of hydrogen-bond acceptors (Lipinski definition) is 3. The van der Waals surface area contributed by atoms with Gasteiger partial charge in [0.15, 0.2) is 0 Å². The van der Waals surface area contributed by atoms with Crippen LogP contribution in [0.2, 0.25) is 0 Å². The normalized spacial score (nSPS) is 18.1. The summed E-state index contributed by atoms with van der Waals surface area (Å²) in [7, 11) is 0. The lowest BCUT2D eigenvalue weighted by Gasteiger charge is -2.30. The molecule has 1 saturated heterocycles. The fourth-order valence-electron chi connectivity index (χ4n) is 2.56. The molecule has 0 unspecified atom stereocenters. The van der Waals surface area contributed by atoms with Crippen molar-refractivity contribution in [1.29, 1.82) is 0 Å². The van der Waals surface area contributed by atoms with Crippen molar-refractivity contribution in [2.24, 2.45) is 5.73 Å². The molecule has 1 aliphatic heterocycles. The van der Waals surface area contributed by atoms with Crippen molar-refractivity contribution in [3.05, 3.63) is 29.3 Å². The first-order valence-corrected chi connectivity index (χ1v) is 6.76. The van der Waals surface area contributed by atoms with Crippen LogP contribution < -0.4 is 10.6 Å². The Morgan fingerprint density at radius 2 is 1.85 bits per heavy atom. The Morgan fingerprint density at radius 1 is 1.20 bits per heavy atom. The Bertz CT molecular complexity index is 456. The van der Waals surface area contributed by atoms with E-state index in [1.165, 1.54) is 6.07 Å². The SMILES string of the molecule is N[C@@H](CO)c1ccc(N2CCCCC2)cc1C(F)(F)F. The molecule has 0 aliphatic carbocycles. The van der Waals surface area contributed by atoms with Crippen molar-refractivity contribution in [3.63, 3.8) is 0 Å². The summed E-state index contributed by atoms with van der Waals surface area (Å²) in [5.74, 6) is 0. The molecule has 0 radical (unpaired) electrons. The van der Waals surface area contributed by atoms with Gasteiger partial charge in [-0.1, -0.05) is 6.07 Å². The predicted molar refractivity (Wildman–Crippen MR) is 71.5 cm³/mol. The van der Waals surface area contributed by atoms with Crippen molar-refractivity contribution in [2.45, 2.75) is 31.5 Å². The number of alkyl halides is 3. The van der Waals surface area contributed by atoms with Gasteiger partial charge in [0.25, 0.3) is 0 Å². The van der Waals surface area contributed by atoms with Crippen LogP contribution in [0.25, 0.3) is 0 Å². The first kappa shape index (κ1) is 15.1. The summed E-state index contributed by atoms with van der Waals surface area (Å²) in [4.78, 5) is 1.97. The van der Waals surface area contributed by atoms with E-state index in [4.69, 9.17) is 10.8 Å². The van der Waals surface area contributed by atoms with Crippen molar-refractivity contribution in [3.8, 4) is 0 Å². The van der Waals surface area contributed by atoms with Crippen LogP contribution in [0.4, 0.5) is 18.9 Å². The van der Waals surface area contributed by atoms with Crippen molar-refractivity contribution < 1.29 is 18.3 Å². The molecule has 2 rings (SSSR count). The summed E-state index contributed by atoms with van der Waals surface area (Å²) in [6.45, 7) is 1.05. The molecule has 0 bridgehead atoms. The topological polar surface area (TPSA) is 49.5 Å². The quantitative estimate of drug-likeness (QED) is 0.899. The fraction of sp³-hybridized carbons (Fsp3) is 0.571. The molecule has 0 aromatic heterocycles. The molecule has 0 amide bonds. The highest BCUT2D eigenvalue weighted by molar-refractivity contribution is 5.53. The number of anilines is 1.